The Hall–Kier alpha value is -1.56. The van der Waals surface area contributed by atoms with Crippen molar-refractivity contribution < 1.29 is 10.0 Å². The molecule has 1 aliphatic carbocycles. The first-order chi connectivity index (χ1) is 8.85. The van der Waals surface area contributed by atoms with Crippen molar-refractivity contribution in [2.24, 2.45) is 22.2 Å². The monoisotopic (exact) mass is 325 g/mol. The van der Waals surface area contributed by atoms with Crippen molar-refractivity contribution in [1.82, 2.24) is 0 Å². The number of hydrogen-bond donors (Lipinski definition) is 3. The molecule has 1 aromatic rings. The average molecular weight is 326 g/mol. The van der Waals surface area contributed by atoms with Crippen LogP contribution in [0.2, 0.25) is 0 Å². The zero-order valence-corrected chi connectivity index (χ0v) is 12.4. The largest absolute Gasteiger partial charge is 0.409 e. The van der Waals surface area contributed by atoms with Crippen LogP contribution in [-0.4, -0.2) is 17.0 Å². The highest BCUT2D eigenvalue weighted by Gasteiger charge is 2.50. The van der Waals surface area contributed by atoms with Crippen molar-refractivity contribution in [2.45, 2.75) is 20.3 Å². The van der Waals surface area contributed by atoms with E-state index < -0.39 is 0 Å². The van der Waals surface area contributed by atoms with Crippen LogP contribution >= 0.6 is 15.9 Å². The fraction of sp³-hybridized carbons (Fsp3) is 0.385. The van der Waals surface area contributed by atoms with Crippen LogP contribution in [0.5, 0.6) is 0 Å². The summed E-state index contributed by atoms with van der Waals surface area (Å²) in [6, 6.07) is 5.22. The predicted molar refractivity (Wildman–Crippen MR) is 77.2 cm³/mol. The van der Waals surface area contributed by atoms with Crippen LogP contribution in [0.15, 0.2) is 27.8 Å². The second-order valence-electron chi connectivity index (χ2n) is 5.41. The van der Waals surface area contributed by atoms with Crippen molar-refractivity contribution in [3.05, 3.63) is 28.2 Å². The van der Waals surface area contributed by atoms with Crippen LogP contribution in [0.1, 0.15) is 25.8 Å². The fourth-order valence-corrected chi connectivity index (χ4v) is 2.39. The molecule has 0 spiro atoms. The van der Waals surface area contributed by atoms with Gasteiger partial charge >= 0.3 is 0 Å². The maximum Gasteiger partial charge on any atom is 0.228 e. The smallest absolute Gasteiger partial charge is 0.228 e. The Morgan fingerprint density at radius 2 is 2.21 bits per heavy atom. The molecule has 0 heterocycles. The summed E-state index contributed by atoms with van der Waals surface area (Å²) in [5.74, 6) is -0.0396. The Kier molecular flexibility index (Phi) is 3.54. The van der Waals surface area contributed by atoms with E-state index >= 15 is 0 Å². The zero-order chi connectivity index (χ0) is 14.2. The van der Waals surface area contributed by atoms with E-state index in [2.05, 4.69) is 40.2 Å². The number of carbonyl (C=O) groups excluding carboxylic acids is 1. The Balaban J connectivity index is 2.23. The Bertz CT molecular complexity index is 555. The number of halogens is 1. The van der Waals surface area contributed by atoms with Gasteiger partial charge in [0.2, 0.25) is 5.91 Å². The van der Waals surface area contributed by atoms with Gasteiger partial charge in [0, 0.05) is 16.0 Å². The molecule has 1 unspecified atom stereocenters. The number of carbonyl (C=O) groups is 1. The summed E-state index contributed by atoms with van der Waals surface area (Å²) in [6.45, 7) is 4.12. The number of hydrogen-bond acceptors (Lipinski definition) is 3. The van der Waals surface area contributed by atoms with Gasteiger partial charge in [0.1, 0.15) is 0 Å². The summed E-state index contributed by atoms with van der Waals surface area (Å²) in [6.07, 6.45) is 0.883. The van der Waals surface area contributed by atoms with Gasteiger partial charge in [-0.1, -0.05) is 34.9 Å². The first-order valence-corrected chi connectivity index (χ1v) is 6.73. The van der Waals surface area contributed by atoms with Crippen LogP contribution in [0.4, 0.5) is 5.69 Å². The molecule has 1 atom stereocenters. The van der Waals surface area contributed by atoms with Gasteiger partial charge in [0.05, 0.1) is 5.69 Å². The van der Waals surface area contributed by atoms with E-state index in [1.54, 1.807) is 18.2 Å². The molecule has 0 aliphatic heterocycles. The van der Waals surface area contributed by atoms with Gasteiger partial charge in [-0.3, -0.25) is 4.79 Å². The number of nitrogens with zero attached hydrogens (tertiary/aromatic N) is 1. The summed E-state index contributed by atoms with van der Waals surface area (Å²) < 4.78 is 0.791. The number of oxime groups is 1. The molecule has 0 radical (unpaired) electrons. The Labute approximate surface area is 120 Å². The lowest BCUT2D eigenvalue weighted by atomic mass is 10.1. The lowest BCUT2D eigenvalue weighted by Crippen LogP contribution is -2.21. The molecule has 0 aromatic heterocycles. The minimum atomic E-state index is -0.0355. The fourth-order valence-electron chi connectivity index (χ4n) is 2.03. The summed E-state index contributed by atoms with van der Waals surface area (Å²) in [5.41, 5.74) is 6.72. The standard InChI is InChI=1S/C13H16BrN3O2/c1-13(2)6-9(13)12(18)16-10-4-3-7(14)5-8(10)11(15)17-19/h3-5,9,19H,6H2,1-2H3,(H2,15,17)(H,16,18). The molecule has 0 bridgehead atoms. The molecule has 102 valence electrons. The summed E-state index contributed by atoms with van der Waals surface area (Å²) in [7, 11) is 0. The van der Waals surface area contributed by atoms with Gasteiger partial charge in [-0.25, -0.2) is 0 Å². The highest BCUT2D eigenvalue weighted by atomic mass is 79.9. The zero-order valence-electron chi connectivity index (χ0n) is 10.8. The van der Waals surface area contributed by atoms with Crippen LogP contribution < -0.4 is 11.1 Å². The second kappa shape index (κ2) is 4.85. The Morgan fingerprint density at radius 3 is 2.74 bits per heavy atom. The number of nitrogens with one attached hydrogen (secondary N) is 1. The van der Waals surface area contributed by atoms with Crippen molar-refractivity contribution in [1.29, 1.82) is 0 Å². The normalized spacial score (nSPS) is 21.0. The van der Waals surface area contributed by atoms with E-state index in [0.29, 0.717) is 11.3 Å². The molecule has 1 aliphatic rings. The van der Waals surface area contributed by atoms with Crippen molar-refractivity contribution in [2.75, 3.05) is 5.32 Å². The van der Waals surface area contributed by atoms with Gasteiger partial charge in [-0.2, -0.15) is 0 Å². The van der Waals surface area contributed by atoms with Crippen LogP contribution in [-0.2, 0) is 4.79 Å². The highest BCUT2D eigenvalue weighted by Crippen LogP contribution is 2.52. The molecule has 0 saturated heterocycles. The molecule has 1 saturated carbocycles. The number of rotatable bonds is 3. The predicted octanol–water partition coefficient (Wildman–Crippen LogP) is 2.53. The molecule has 2 rings (SSSR count). The number of nitrogens with two attached hydrogens (primary N) is 1. The van der Waals surface area contributed by atoms with Gasteiger partial charge in [0.25, 0.3) is 0 Å². The third-order valence-corrected chi connectivity index (χ3v) is 3.95. The van der Waals surface area contributed by atoms with E-state index in [9.17, 15) is 4.79 Å². The molecule has 1 aromatic carbocycles. The third-order valence-electron chi connectivity index (χ3n) is 3.45. The van der Waals surface area contributed by atoms with E-state index in [4.69, 9.17) is 10.9 Å². The number of benzene rings is 1. The summed E-state index contributed by atoms with van der Waals surface area (Å²) in [4.78, 5) is 12.1. The lowest BCUT2D eigenvalue weighted by Gasteiger charge is -2.11. The third kappa shape index (κ3) is 2.89. The topological polar surface area (TPSA) is 87.7 Å². The first kappa shape index (κ1) is 13.9. The second-order valence-corrected chi connectivity index (χ2v) is 6.33. The average Bonchev–Trinajstić information content (AvgIpc) is 3.00. The van der Waals surface area contributed by atoms with E-state index in [1.165, 1.54) is 0 Å². The number of amides is 1. The molecule has 5 nitrogen and oxygen atoms in total. The van der Waals surface area contributed by atoms with Crippen LogP contribution in [0, 0.1) is 11.3 Å². The minimum absolute atomic E-state index is 0.0243. The van der Waals surface area contributed by atoms with E-state index in [0.717, 1.165) is 10.9 Å². The quantitative estimate of drug-likeness (QED) is 0.345. The molecular weight excluding hydrogens is 310 g/mol. The SMILES string of the molecule is CC1(C)CC1C(=O)Nc1ccc(Br)cc1/C(N)=N/O. The molecule has 6 heteroatoms. The Morgan fingerprint density at radius 1 is 1.58 bits per heavy atom. The lowest BCUT2D eigenvalue weighted by molar-refractivity contribution is -0.118. The van der Waals surface area contributed by atoms with Crippen LogP contribution in [0.3, 0.4) is 0 Å². The van der Waals surface area contributed by atoms with Gasteiger partial charge in [0.15, 0.2) is 5.84 Å². The number of anilines is 1. The van der Waals surface area contributed by atoms with Crippen LogP contribution in [0.25, 0.3) is 0 Å². The molecule has 19 heavy (non-hydrogen) atoms. The molecule has 1 fully saturated rings. The maximum absolute atomic E-state index is 12.1. The summed E-state index contributed by atoms with van der Waals surface area (Å²) in [5, 5.41) is 14.6. The molecule has 4 N–H and O–H groups in total. The number of amidine groups is 1. The molecular formula is C13H16BrN3O2. The first-order valence-electron chi connectivity index (χ1n) is 5.93. The summed E-state index contributed by atoms with van der Waals surface area (Å²) >= 11 is 3.31. The van der Waals surface area contributed by atoms with Crippen molar-refractivity contribution >= 4 is 33.4 Å². The van der Waals surface area contributed by atoms with Gasteiger partial charge < -0.3 is 16.3 Å². The minimum Gasteiger partial charge on any atom is -0.409 e. The van der Waals surface area contributed by atoms with Gasteiger partial charge in [-0.05, 0) is 30.0 Å². The molecule has 1 amide bonds. The maximum atomic E-state index is 12.1. The van der Waals surface area contributed by atoms with E-state index in [-0.39, 0.29) is 23.1 Å². The van der Waals surface area contributed by atoms with Crippen molar-refractivity contribution in [3.63, 3.8) is 0 Å². The van der Waals surface area contributed by atoms with E-state index in [1.807, 2.05) is 0 Å². The highest BCUT2D eigenvalue weighted by molar-refractivity contribution is 9.10. The van der Waals surface area contributed by atoms with Gasteiger partial charge in [-0.15, -0.1) is 0 Å². The van der Waals surface area contributed by atoms with Crippen molar-refractivity contribution in [3.8, 4) is 0 Å².